The second-order valence-electron chi connectivity index (χ2n) is 6.38. The van der Waals surface area contributed by atoms with E-state index in [4.69, 9.17) is 0 Å². The number of aliphatic carboxylic acids is 1. The highest BCUT2D eigenvalue weighted by Crippen LogP contribution is 2.29. The van der Waals surface area contributed by atoms with Crippen molar-refractivity contribution in [2.45, 2.75) is 34.6 Å². The Morgan fingerprint density at radius 1 is 1.10 bits per heavy atom. The van der Waals surface area contributed by atoms with E-state index in [2.05, 4.69) is 0 Å². The minimum atomic E-state index is -1.08. The Bertz CT molecular complexity index is 509. The molecule has 0 bridgehead atoms. The standard InChI is InChI=1S/C16H23NO3/c1-10-7-11(2)9-12(8-10)17(6)14(18)13(15(19)20)16(3,4)5/h7-9,13H,1-6H3,(H,19,20). The van der Waals surface area contributed by atoms with Gasteiger partial charge in [0.25, 0.3) is 0 Å². The Morgan fingerprint density at radius 3 is 1.90 bits per heavy atom. The highest BCUT2D eigenvalue weighted by atomic mass is 16.4. The Kier molecular flexibility index (Phi) is 4.58. The van der Waals surface area contributed by atoms with Crippen LogP contribution in [0.4, 0.5) is 5.69 Å². The van der Waals surface area contributed by atoms with Crippen LogP contribution in [-0.2, 0) is 9.59 Å². The van der Waals surface area contributed by atoms with Crippen LogP contribution in [0.1, 0.15) is 31.9 Å². The molecule has 1 atom stereocenters. The first-order chi connectivity index (χ1) is 9.04. The lowest BCUT2D eigenvalue weighted by molar-refractivity contribution is -0.150. The predicted molar refractivity (Wildman–Crippen MR) is 79.9 cm³/mol. The molecule has 0 aromatic heterocycles. The summed E-state index contributed by atoms with van der Waals surface area (Å²) in [6.07, 6.45) is 0. The molecule has 0 spiro atoms. The van der Waals surface area contributed by atoms with Crippen molar-refractivity contribution in [2.24, 2.45) is 11.3 Å². The van der Waals surface area contributed by atoms with Crippen LogP contribution in [0.3, 0.4) is 0 Å². The summed E-state index contributed by atoms with van der Waals surface area (Å²) in [4.78, 5) is 25.3. The average molecular weight is 277 g/mol. The number of nitrogens with zero attached hydrogens (tertiary/aromatic N) is 1. The van der Waals surface area contributed by atoms with Crippen LogP contribution in [0.5, 0.6) is 0 Å². The van der Waals surface area contributed by atoms with Crippen molar-refractivity contribution in [2.75, 3.05) is 11.9 Å². The summed E-state index contributed by atoms with van der Waals surface area (Å²) < 4.78 is 0. The molecular weight excluding hydrogens is 254 g/mol. The smallest absolute Gasteiger partial charge is 0.316 e. The molecule has 1 rings (SSSR count). The van der Waals surface area contributed by atoms with Gasteiger partial charge in [-0.1, -0.05) is 26.8 Å². The number of aryl methyl sites for hydroxylation is 2. The van der Waals surface area contributed by atoms with Gasteiger partial charge in [0, 0.05) is 12.7 Å². The lowest BCUT2D eigenvalue weighted by Gasteiger charge is -2.30. The zero-order valence-corrected chi connectivity index (χ0v) is 13.0. The van der Waals surface area contributed by atoms with Gasteiger partial charge in [-0.15, -0.1) is 0 Å². The van der Waals surface area contributed by atoms with Crippen LogP contribution >= 0.6 is 0 Å². The molecule has 1 aromatic rings. The molecular formula is C16H23NO3. The molecule has 4 nitrogen and oxygen atoms in total. The summed E-state index contributed by atoms with van der Waals surface area (Å²) in [5.74, 6) is -2.54. The molecule has 1 N–H and O–H groups in total. The number of carbonyl (C=O) groups excluding carboxylic acids is 1. The van der Waals surface area contributed by atoms with E-state index in [1.807, 2.05) is 32.0 Å². The summed E-state index contributed by atoms with van der Waals surface area (Å²) >= 11 is 0. The van der Waals surface area contributed by atoms with Crippen LogP contribution in [0.15, 0.2) is 18.2 Å². The van der Waals surface area contributed by atoms with E-state index >= 15 is 0 Å². The van der Waals surface area contributed by atoms with Gasteiger partial charge < -0.3 is 10.0 Å². The summed E-state index contributed by atoms with van der Waals surface area (Å²) in [5, 5.41) is 9.34. The molecule has 20 heavy (non-hydrogen) atoms. The molecule has 0 heterocycles. The van der Waals surface area contributed by atoms with Gasteiger partial charge in [0.1, 0.15) is 5.92 Å². The molecule has 0 saturated heterocycles. The Morgan fingerprint density at radius 2 is 1.55 bits per heavy atom. The second-order valence-corrected chi connectivity index (χ2v) is 6.38. The average Bonchev–Trinajstić information content (AvgIpc) is 2.23. The van der Waals surface area contributed by atoms with Crippen molar-refractivity contribution < 1.29 is 14.7 Å². The lowest BCUT2D eigenvalue weighted by Crippen LogP contribution is -2.43. The number of benzene rings is 1. The first kappa shape index (κ1) is 16.2. The predicted octanol–water partition coefficient (Wildman–Crippen LogP) is 3.01. The van der Waals surface area contributed by atoms with Gasteiger partial charge in [0.2, 0.25) is 5.91 Å². The molecule has 0 aliphatic rings. The van der Waals surface area contributed by atoms with E-state index < -0.39 is 23.2 Å². The zero-order chi connectivity index (χ0) is 15.7. The van der Waals surface area contributed by atoms with Gasteiger partial charge in [-0.2, -0.15) is 0 Å². The fourth-order valence-corrected chi connectivity index (χ4v) is 2.31. The number of carboxylic acid groups (broad SMARTS) is 1. The molecule has 1 aromatic carbocycles. The van der Waals surface area contributed by atoms with Crippen LogP contribution < -0.4 is 4.90 Å². The molecule has 110 valence electrons. The van der Waals surface area contributed by atoms with Gasteiger partial charge in [0.15, 0.2) is 0 Å². The third-order valence-electron chi connectivity index (χ3n) is 3.28. The van der Waals surface area contributed by atoms with E-state index in [-0.39, 0.29) is 0 Å². The van der Waals surface area contributed by atoms with Gasteiger partial charge in [-0.25, -0.2) is 0 Å². The van der Waals surface area contributed by atoms with Crippen molar-refractivity contribution in [1.29, 1.82) is 0 Å². The first-order valence-corrected chi connectivity index (χ1v) is 6.62. The maximum atomic E-state index is 12.5. The first-order valence-electron chi connectivity index (χ1n) is 6.62. The summed E-state index contributed by atoms with van der Waals surface area (Å²) in [7, 11) is 1.62. The van der Waals surface area contributed by atoms with Crippen LogP contribution in [0.25, 0.3) is 0 Å². The van der Waals surface area contributed by atoms with Gasteiger partial charge in [0.05, 0.1) is 0 Å². The van der Waals surface area contributed by atoms with Gasteiger partial charge >= 0.3 is 5.97 Å². The van der Waals surface area contributed by atoms with E-state index in [9.17, 15) is 14.7 Å². The van der Waals surface area contributed by atoms with Crippen LogP contribution in [0.2, 0.25) is 0 Å². The summed E-state index contributed by atoms with van der Waals surface area (Å²) in [6, 6.07) is 5.78. The molecule has 0 saturated carbocycles. The minimum Gasteiger partial charge on any atom is -0.481 e. The summed E-state index contributed by atoms with van der Waals surface area (Å²) in [6.45, 7) is 9.19. The normalized spacial score (nSPS) is 12.9. The number of rotatable bonds is 3. The fourth-order valence-electron chi connectivity index (χ4n) is 2.31. The second kappa shape index (κ2) is 5.65. The third-order valence-corrected chi connectivity index (χ3v) is 3.28. The van der Waals surface area contributed by atoms with Crippen molar-refractivity contribution >= 4 is 17.6 Å². The van der Waals surface area contributed by atoms with Gasteiger partial charge in [-0.3, -0.25) is 9.59 Å². The Hall–Kier alpha value is -1.84. The maximum absolute atomic E-state index is 12.5. The third kappa shape index (κ3) is 3.59. The molecule has 0 fully saturated rings. The van der Waals surface area contributed by atoms with E-state index in [0.717, 1.165) is 16.8 Å². The molecule has 0 radical (unpaired) electrons. The largest absolute Gasteiger partial charge is 0.481 e. The molecule has 0 aliphatic carbocycles. The molecule has 1 amide bonds. The van der Waals surface area contributed by atoms with Crippen LogP contribution in [-0.4, -0.2) is 24.0 Å². The topological polar surface area (TPSA) is 57.6 Å². The number of hydrogen-bond acceptors (Lipinski definition) is 2. The minimum absolute atomic E-state index is 0.394. The Labute approximate surface area is 120 Å². The molecule has 4 heteroatoms. The van der Waals surface area contributed by atoms with E-state index in [0.29, 0.717) is 0 Å². The lowest BCUT2D eigenvalue weighted by atomic mass is 9.80. The maximum Gasteiger partial charge on any atom is 0.316 e. The van der Waals surface area contributed by atoms with E-state index in [1.165, 1.54) is 4.90 Å². The summed E-state index contributed by atoms with van der Waals surface area (Å²) in [5.41, 5.74) is 2.18. The molecule has 1 unspecified atom stereocenters. The zero-order valence-electron chi connectivity index (χ0n) is 13.0. The SMILES string of the molecule is Cc1cc(C)cc(N(C)C(=O)C(C(=O)O)C(C)(C)C)c1. The van der Waals surface area contributed by atoms with Gasteiger partial charge in [-0.05, 0) is 42.5 Å². The highest BCUT2D eigenvalue weighted by Gasteiger charge is 2.39. The number of carbonyl (C=O) groups is 2. The monoisotopic (exact) mass is 277 g/mol. The fraction of sp³-hybridized carbons (Fsp3) is 0.500. The molecule has 0 aliphatic heterocycles. The van der Waals surface area contributed by atoms with Crippen LogP contribution in [0, 0.1) is 25.2 Å². The van der Waals surface area contributed by atoms with Crippen molar-refractivity contribution in [3.8, 4) is 0 Å². The van der Waals surface area contributed by atoms with Crippen molar-refractivity contribution in [3.63, 3.8) is 0 Å². The number of carboxylic acids is 1. The van der Waals surface area contributed by atoms with Crippen molar-refractivity contribution in [3.05, 3.63) is 29.3 Å². The number of hydrogen-bond donors (Lipinski definition) is 1. The Balaban J connectivity index is 3.15. The quantitative estimate of drug-likeness (QED) is 0.864. The number of amides is 1. The van der Waals surface area contributed by atoms with E-state index in [1.54, 1.807) is 27.8 Å². The van der Waals surface area contributed by atoms with Crippen molar-refractivity contribution in [1.82, 2.24) is 0 Å². The highest BCUT2D eigenvalue weighted by molar-refractivity contribution is 6.06. The number of anilines is 1.